The van der Waals surface area contributed by atoms with E-state index in [0.717, 1.165) is 23.7 Å². The van der Waals surface area contributed by atoms with Gasteiger partial charge in [-0.05, 0) is 42.3 Å². The number of ether oxygens (including phenoxy) is 1. The van der Waals surface area contributed by atoms with Crippen molar-refractivity contribution in [3.05, 3.63) is 88.1 Å². The van der Waals surface area contributed by atoms with Crippen molar-refractivity contribution in [3.63, 3.8) is 0 Å². The summed E-state index contributed by atoms with van der Waals surface area (Å²) in [7, 11) is 1.65. The monoisotopic (exact) mass is 443 g/mol. The van der Waals surface area contributed by atoms with Gasteiger partial charge >= 0.3 is 5.69 Å². The predicted molar refractivity (Wildman–Crippen MR) is 129 cm³/mol. The van der Waals surface area contributed by atoms with Crippen molar-refractivity contribution in [2.24, 2.45) is 13.0 Å². The molecule has 0 saturated heterocycles. The first-order valence-corrected chi connectivity index (χ1v) is 10.9. The number of anilines is 2. The van der Waals surface area contributed by atoms with E-state index in [4.69, 9.17) is 9.72 Å². The SMILES string of the molecule is C=CCn1c(=O)c2c(nc3n2C[C@@H](C)CN3c2ccc(Oc3ccccc3)cc2)n(C)c1=O. The Morgan fingerprint density at radius 2 is 1.76 bits per heavy atom. The van der Waals surface area contributed by atoms with Gasteiger partial charge in [-0.3, -0.25) is 13.9 Å². The van der Waals surface area contributed by atoms with E-state index in [0.29, 0.717) is 23.7 Å². The molecule has 4 aromatic rings. The molecule has 0 saturated carbocycles. The number of aryl methyl sites for hydroxylation is 1. The number of benzene rings is 2. The van der Waals surface area contributed by atoms with E-state index in [1.165, 1.54) is 9.13 Å². The van der Waals surface area contributed by atoms with E-state index in [1.54, 1.807) is 13.1 Å². The van der Waals surface area contributed by atoms with E-state index in [9.17, 15) is 9.59 Å². The molecule has 0 aliphatic carbocycles. The van der Waals surface area contributed by atoms with E-state index in [1.807, 2.05) is 59.2 Å². The number of rotatable bonds is 5. The highest BCUT2D eigenvalue weighted by molar-refractivity contribution is 5.77. The second-order valence-corrected chi connectivity index (χ2v) is 8.37. The van der Waals surface area contributed by atoms with Gasteiger partial charge in [0.2, 0.25) is 5.95 Å². The summed E-state index contributed by atoms with van der Waals surface area (Å²) in [6.45, 7) is 7.37. The summed E-state index contributed by atoms with van der Waals surface area (Å²) in [5, 5.41) is 0. The zero-order valence-electron chi connectivity index (χ0n) is 18.6. The molecular formula is C25H25N5O3. The molecule has 8 nitrogen and oxygen atoms in total. The fourth-order valence-corrected chi connectivity index (χ4v) is 4.33. The first-order chi connectivity index (χ1) is 16.0. The number of fused-ring (bicyclic) bond motifs is 3. The van der Waals surface area contributed by atoms with Gasteiger partial charge in [-0.15, -0.1) is 6.58 Å². The Morgan fingerprint density at radius 3 is 2.45 bits per heavy atom. The lowest BCUT2D eigenvalue weighted by molar-refractivity contribution is 0.457. The maximum Gasteiger partial charge on any atom is 0.332 e. The maximum atomic E-state index is 13.2. The van der Waals surface area contributed by atoms with Gasteiger partial charge < -0.3 is 14.2 Å². The van der Waals surface area contributed by atoms with E-state index >= 15 is 0 Å². The fraction of sp³-hybridized carbons (Fsp3) is 0.240. The number of para-hydroxylation sites is 1. The average molecular weight is 444 g/mol. The lowest BCUT2D eigenvalue weighted by Gasteiger charge is -2.33. The minimum absolute atomic E-state index is 0.157. The summed E-state index contributed by atoms with van der Waals surface area (Å²) >= 11 is 0. The van der Waals surface area contributed by atoms with Crippen LogP contribution < -0.4 is 20.9 Å². The second-order valence-electron chi connectivity index (χ2n) is 8.37. The number of hydrogen-bond acceptors (Lipinski definition) is 5. The standard InChI is InChI=1S/C25H25N5O3/c1-4-14-28-23(31)21-22(27(3)25(28)32)26-24-29(15-17(2)16-30(21)24)18-10-12-20(13-11-18)33-19-8-6-5-7-9-19/h4-13,17H,1,14-16H2,2-3H3/t17-/m0/s1. The van der Waals surface area contributed by atoms with Crippen molar-refractivity contribution in [1.29, 1.82) is 0 Å². The Bertz CT molecular complexity index is 1450. The molecule has 0 bridgehead atoms. The first-order valence-electron chi connectivity index (χ1n) is 10.9. The van der Waals surface area contributed by atoms with Gasteiger partial charge in [0.15, 0.2) is 11.2 Å². The Balaban J connectivity index is 1.58. The fourth-order valence-electron chi connectivity index (χ4n) is 4.33. The summed E-state index contributed by atoms with van der Waals surface area (Å²) < 4.78 is 10.5. The van der Waals surface area contributed by atoms with Crippen LogP contribution in [0.2, 0.25) is 0 Å². The van der Waals surface area contributed by atoms with Crippen molar-refractivity contribution in [2.75, 3.05) is 11.4 Å². The largest absolute Gasteiger partial charge is 0.457 e. The van der Waals surface area contributed by atoms with E-state index < -0.39 is 5.69 Å². The third kappa shape index (κ3) is 3.53. The first kappa shape index (κ1) is 20.8. The van der Waals surface area contributed by atoms with Crippen LogP contribution in [0.4, 0.5) is 11.6 Å². The zero-order chi connectivity index (χ0) is 23.1. The summed E-state index contributed by atoms with van der Waals surface area (Å²) in [5.74, 6) is 2.44. The van der Waals surface area contributed by atoms with Crippen molar-refractivity contribution < 1.29 is 4.74 Å². The molecule has 0 fully saturated rings. The minimum Gasteiger partial charge on any atom is -0.457 e. The lowest BCUT2D eigenvalue weighted by Crippen LogP contribution is -2.40. The number of nitrogens with zero attached hydrogens (tertiary/aromatic N) is 5. The molecular weight excluding hydrogens is 418 g/mol. The molecule has 8 heteroatoms. The van der Waals surface area contributed by atoms with E-state index in [-0.39, 0.29) is 18.0 Å². The summed E-state index contributed by atoms with van der Waals surface area (Å²) in [5.41, 5.74) is 1.03. The number of aromatic nitrogens is 4. The van der Waals surface area contributed by atoms with Crippen LogP contribution in [0.5, 0.6) is 11.5 Å². The van der Waals surface area contributed by atoms with Gasteiger partial charge in [0.25, 0.3) is 5.56 Å². The van der Waals surface area contributed by atoms with Crippen molar-refractivity contribution in [1.82, 2.24) is 18.7 Å². The van der Waals surface area contributed by atoms with Crippen molar-refractivity contribution >= 4 is 22.8 Å². The molecule has 33 heavy (non-hydrogen) atoms. The van der Waals surface area contributed by atoms with Crippen LogP contribution in [0.1, 0.15) is 6.92 Å². The summed E-state index contributed by atoms with van der Waals surface area (Å²) in [6, 6.07) is 17.4. The smallest absolute Gasteiger partial charge is 0.332 e. The third-order valence-corrected chi connectivity index (χ3v) is 5.88. The van der Waals surface area contributed by atoms with Gasteiger partial charge in [0.1, 0.15) is 11.5 Å². The molecule has 0 spiro atoms. The highest BCUT2D eigenvalue weighted by atomic mass is 16.5. The average Bonchev–Trinajstić information content (AvgIpc) is 3.21. The van der Waals surface area contributed by atoms with Crippen LogP contribution in [0.15, 0.2) is 76.8 Å². The molecule has 0 N–H and O–H groups in total. The highest BCUT2D eigenvalue weighted by Gasteiger charge is 2.29. The normalized spacial score (nSPS) is 15.5. The Kier molecular flexibility index (Phi) is 5.12. The van der Waals surface area contributed by atoms with Gasteiger partial charge in [0.05, 0.1) is 0 Å². The number of allylic oxidation sites excluding steroid dienone is 1. The van der Waals surface area contributed by atoms with Crippen LogP contribution in [0, 0.1) is 5.92 Å². The Labute approximate surface area is 190 Å². The lowest BCUT2D eigenvalue weighted by atomic mass is 10.1. The van der Waals surface area contributed by atoms with Gasteiger partial charge in [-0.2, -0.15) is 4.98 Å². The molecule has 1 aliphatic rings. The third-order valence-electron chi connectivity index (χ3n) is 5.88. The molecule has 2 aromatic heterocycles. The van der Waals surface area contributed by atoms with Gasteiger partial charge in [0, 0.05) is 32.4 Å². The molecule has 0 unspecified atom stereocenters. The molecule has 0 amide bonds. The van der Waals surface area contributed by atoms with Crippen LogP contribution in [-0.2, 0) is 20.1 Å². The van der Waals surface area contributed by atoms with Gasteiger partial charge in [-0.25, -0.2) is 4.79 Å². The molecule has 1 aliphatic heterocycles. The Hall–Kier alpha value is -4.07. The summed E-state index contributed by atoms with van der Waals surface area (Å²) in [6.07, 6.45) is 1.55. The predicted octanol–water partition coefficient (Wildman–Crippen LogP) is 3.66. The van der Waals surface area contributed by atoms with Crippen molar-refractivity contribution in [3.8, 4) is 11.5 Å². The summed E-state index contributed by atoms with van der Waals surface area (Å²) in [4.78, 5) is 32.7. The van der Waals surface area contributed by atoms with Crippen LogP contribution in [0.3, 0.4) is 0 Å². The highest BCUT2D eigenvalue weighted by Crippen LogP contribution is 2.34. The van der Waals surface area contributed by atoms with Crippen LogP contribution in [0.25, 0.3) is 11.2 Å². The van der Waals surface area contributed by atoms with E-state index in [2.05, 4.69) is 18.4 Å². The molecule has 168 valence electrons. The Morgan fingerprint density at radius 1 is 1.06 bits per heavy atom. The topological polar surface area (TPSA) is 74.3 Å². The molecule has 2 aromatic carbocycles. The minimum atomic E-state index is -0.398. The second kappa shape index (κ2) is 8.12. The molecule has 0 radical (unpaired) electrons. The number of imidazole rings is 1. The molecule has 1 atom stereocenters. The molecule has 3 heterocycles. The zero-order valence-corrected chi connectivity index (χ0v) is 18.6. The van der Waals surface area contributed by atoms with Crippen LogP contribution in [-0.4, -0.2) is 25.2 Å². The van der Waals surface area contributed by atoms with Gasteiger partial charge in [-0.1, -0.05) is 31.2 Å². The maximum absolute atomic E-state index is 13.2. The molecule has 5 rings (SSSR count). The quantitative estimate of drug-likeness (QED) is 0.440. The van der Waals surface area contributed by atoms with Crippen molar-refractivity contribution in [2.45, 2.75) is 20.0 Å². The van der Waals surface area contributed by atoms with Crippen LogP contribution >= 0.6 is 0 Å². The number of hydrogen-bond donors (Lipinski definition) is 0.